The quantitative estimate of drug-likeness (QED) is 0.635. The third kappa shape index (κ3) is 4.94. The maximum atomic E-state index is 11.7. The molecule has 0 bridgehead atoms. The van der Waals surface area contributed by atoms with Crippen LogP contribution in [0.1, 0.15) is 31.2 Å². The molecule has 0 spiro atoms. The Bertz CT molecular complexity index is 578. The lowest BCUT2D eigenvalue weighted by atomic mass is 9.86. The minimum Gasteiger partial charge on any atom is -0.481 e. The molecule has 8 heteroatoms. The highest BCUT2D eigenvalue weighted by molar-refractivity contribution is 5.70. The minimum atomic E-state index is -0.788. The first kappa shape index (κ1) is 16.7. The Morgan fingerprint density at radius 3 is 2.35 bits per heavy atom. The number of non-ortho nitro benzene ring substituents is 1. The number of nitro groups is 1. The van der Waals surface area contributed by atoms with E-state index >= 15 is 0 Å². The van der Waals surface area contributed by atoms with E-state index in [0.717, 1.165) is 0 Å². The second kappa shape index (κ2) is 7.57. The van der Waals surface area contributed by atoms with Gasteiger partial charge in [0, 0.05) is 18.2 Å². The Morgan fingerprint density at radius 1 is 1.22 bits per heavy atom. The number of nitro benzene ring substituents is 1. The van der Waals surface area contributed by atoms with E-state index in [0.29, 0.717) is 31.2 Å². The van der Waals surface area contributed by atoms with Crippen molar-refractivity contribution in [3.63, 3.8) is 0 Å². The topological polar surface area (TPSA) is 119 Å². The normalized spacial score (nSPS) is 20.5. The van der Waals surface area contributed by atoms with Crippen molar-refractivity contribution in [2.45, 2.75) is 38.3 Å². The van der Waals surface area contributed by atoms with Crippen LogP contribution in [0, 0.1) is 16.0 Å². The smallest absolute Gasteiger partial charge is 0.407 e. The summed E-state index contributed by atoms with van der Waals surface area (Å²) in [5.41, 5.74) is 0.633. The minimum absolute atomic E-state index is 0.0200. The van der Waals surface area contributed by atoms with Crippen LogP contribution in [0.25, 0.3) is 0 Å². The van der Waals surface area contributed by atoms with Crippen LogP contribution in [-0.4, -0.2) is 28.1 Å². The van der Waals surface area contributed by atoms with Crippen molar-refractivity contribution in [3.05, 3.63) is 39.9 Å². The van der Waals surface area contributed by atoms with Crippen molar-refractivity contribution >= 4 is 17.7 Å². The van der Waals surface area contributed by atoms with Crippen molar-refractivity contribution in [1.29, 1.82) is 0 Å². The molecule has 23 heavy (non-hydrogen) atoms. The number of hydrogen-bond donors (Lipinski definition) is 2. The number of benzene rings is 1. The molecule has 2 N–H and O–H groups in total. The Morgan fingerprint density at radius 2 is 1.83 bits per heavy atom. The van der Waals surface area contributed by atoms with Crippen molar-refractivity contribution < 1.29 is 24.4 Å². The summed E-state index contributed by atoms with van der Waals surface area (Å²) in [6, 6.07) is 5.69. The van der Waals surface area contributed by atoms with Crippen LogP contribution in [0.15, 0.2) is 24.3 Å². The molecule has 2 rings (SSSR count). The van der Waals surface area contributed by atoms with E-state index in [1.54, 1.807) is 0 Å². The summed E-state index contributed by atoms with van der Waals surface area (Å²) in [6.07, 6.45) is 1.75. The third-order valence-electron chi connectivity index (χ3n) is 3.92. The highest BCUT2D eigenvalue weighted by Crippen LogP contribution is 2.24. The molecular weight excluding hydrogens is 304 g/mol. The van der Waals surface area contributed by atoms with E-state index in [-0.39, 0.29) is 24.3 Å². The summed E-state index contributed by atoms with van der Waals surface area (Å²) in [6.45, 7) is 0.0221. The van der Waals surface area contributed by atoms with Crippen LogP contribution >= 0.6 is 0 Å². The number of amides is 1. The molecule has 1 fully saturated rings. The van der Waals surface area contributed by atoms with Crippen LogP contribution in [-0.2, 0) is 16.1 Å². The van der Waals surface area contributed by atoms with Crippen molar-refractivity contribution in [2.24, 2.45) is 5.92 Å². The number of alkyl carbamates (subject to hydrolysis) is 1. The second-order valence-electron chi connectivity index (χ2n) is 5.53. The first-order chi connectivity index (χ1) is 11.0. The predicted octanol–water partition coefficient (Wildman–Crippen LogP) is 2.46. The Labute approximate surface area is 132 Å². The van der Waals surface area contributed by atoms with Crippen LogP contribution < -0.4 is 5.32 Å². The molecule has 0 aliphatic heterocycles. The standard InChI is InChI=1S/C15H18N2O6/c18-14(19)11-3-5-12(6-4-11)16-15(20)23-9-10-1-7-13(8-2-10)17(21)22/h1-2,7-8,11-12H,3-6,9H2,(H,16,20)(H,18,19)/t11-,12-. The van der Waals surface area contributed by atoms with Gasteiger partial charge >= 0.3 is 12.1 Å². The van der Waals surface area contributed by atoms with Gasteiger partial charge in [0.2, 0.25) is 0 Å². The maximum Gasteiger partial charge on any atom is 0.407 e. The van der Waals surface area contributed by atoms with Gasteiger partial charge in [-0.25, -0.2) is 4.79 Å². The Kier molecular flexibility index (Phi) is 5.51. The summed E-state index contributed by atoms with van der Waals surface area (Å²) in [4.78, 5) is 32.6. The van der Waals surface area contributed by atoms with Gasteiger partial charge in [-0.2, -0.15) is 0 Å². The highest BCUT2D eigenvalue weighted by atomic mass is 16.6. The fraction of sp³-hybridized carbons (Fsp3) is 0.467. The lowest BCUT2D eigenvalue weighted by Crippen LogP contribution is -2.38. The van der Waals surface area contributed by atoms with Gasteiger partial charge in [-0.15, -0.1) is 0 Å². The molecule has 124 valence electrons. The summed E-state index contributed by atoms with van der Waals surface area (Å²) >= 11 is 0. The number of hydrogen-bond acceptors (Lipinski definition) is 5. The summed E-state index contributed by atoms with van der Waals surface area (Å²) in [5, 5.41) is 22.2. The van der Waals surface area contributed by atoms with Crippen LogP contribution in [0.3, 0.4) is 0 Å². The van der Waals surface area contributed by atoms with E-state index in [1.807, 2.05) is 0 Å². The van der Waals surface area contributed by atoms with Crippen molar-refractivity contribution in [1.82, 2.24) is 5.32 Å². The van der Waals surface area contributed by atoms with Gasteiger partial charge in [-0.1, -0.05) is 0 Å². The first-order valence-corrected chi connectivity index (χ1v) is 7.35. The molecule has 1 amide bonds. The molecular formula is C15H18N2O6. The molecule has 0 heterocycles. The summed E-state index contributed by atoms with van der Waals surface area (Å²) in [5.74, 6) is -1.12. The summed E-state index contributed by atoms with van der Waals surface area (Å²) < 4.78 is 5.07. The SMILES string of the molecule is O=C(N[C@H]1CC[C@H](C(=O)O)CC1)OCc1ccc([N+](=O)[O-])cc1. The lowest BCUT2D eigenvalue weighted by Gasteiger charge is -2.26. The van der Waals surface area contributed by atoms with E-state index < -0.39 is 17.0 Å². The lowest BCUT2D eigenvalue weighted by molar-refractivity contribution is -0.384. The number of carboxylic acid groups (broad SMARTS) is 1. The van der Waals surface area contributed by atoms with Gasteiger partial charge < -0.3 is 15.2 Å². The van der Waals surface area contributed by atoms with Gasteiger partial charge in [0.25, 0.3) is 5.69 Å². The Hall–Kier alpha value is -2.64. The second-order valence-corrected chi connectivity index (χ2v) is 5.53. The number of ether oxygens (including phenoxy) is 1. The van der Waals surface area contributed by atoms with Gasteiger partial charge in [-0.3, -0.25) is 14.9 Å². The van der Waals surface area contributed by atoms with Crippen LogP contribution in [0.4, 0.5) is 10.5 Å². The third-order valence-corrected chi connectivity index (χ3v) is 3.92. The van der Waals surface area contributed by atoms with Crippen LogP contribution in [0.2, 0.25) is 0 Å². The van der Waals surface area contributed by atoms with Gasteiger partial charge in [0.05, 0.1) is 10.8 Å². The monoisotopic (exact) mass is 322 g/mol. The zero-order valence-electron chi connectivity index (χ0n) is 12.4. The number of nitrogens with one attached hydrogen (secondary N) is 1. The summed E-state index contributed by atoms with van der Waals surface area (Å²) in [7, 11) is 0. The largest absolute Gasteiger partial charge is 0.481 e. The number of carbonyl (C=O) groups is 2. The molecule has 0 atom stereocenters. The van der Waals surface area contributed by atoms with E-state index in [4.69, 9.17) is 9.84 Å². The molecule has 1 aromatic carbocycles. The van der Waals surface area contributed by atoms with Gasteiger partial charge in [-0.05, 0) is 43.4 Å². The molecule has 1 aromatic rings. The zero-order valence-corrected chi connectivity index (χ0v) is 12.4. The molecule has 8 nitrogen and oxygen atoms in total. The van der Waals surface area contributed by atoms with Gasteiger partial charge in [0.15, 0.2) is 0 Å². The number of carbonyl (C=O) groups excluding carboxylic acids is 1. The maximum absolute atomic E-state index is 11.7. The predicted molar refractivity (Wildman–Crippen MR) is 79.8 cm³/mol. The molecule has 1 aliphatic rings. The van der Waals surface area contributed by atoms with Crippen LogP contribution in [0.5, 0.6) is 0 Å². The molecule has 0 saturated heterocycles. The highest BCUT2D eigenvalue weighted by Gasteiger charge is 2.26. The molecule has 0 aromatic heterocycles. The van der Waals surface area contributed by atoms with E-state index in [2.05, 4.69) is 5.32 Å². The fourth-order valence-electron chi connectivity index (χ4n) is 2.56. The van der Waals surface area contributed by atoms with E-state index in [9.17, 15) is 19.7 Å². The first-order valence-electron chi connectivity index (χ1n) is 7.35. The zero-order chi connectivity index (χ0) is 16.8. The van der Waals surface area contributed by atoms with Crippen molar-refractivity contribution in [3.8, 4) is 0 Å². The number of nitrogens with zero attached hydrogens (tertiary/aromatic N) is 1. The average Bonchev–Trinajstić information content (AvgIpc) is 2.54. The van der Waals surface area contributed by atoms with Crippen molar-refractivity contribution in [2.75, 3.05) is 0 Å². The average molecular weight is 322 g/mol. The number of aliphatic carboxylic acids is 1. The Balaban J connectivity index is 1.73. The van der Waals surface area contributed by atoms with E-state index in [1.165, 1.54) is 24.3 Å². The van der Waals surface area contributed by atoms with Gasteiger partial charge in [0.1, 0.15) is 6.61 Å². The number of rotatable bonds is 5. The molecule has 0 unspecified atom stereocenters. The number of carboxylic acids is 1. The fourth-order valence-corrected chi connectivity index (χ4v) is 2.56. The molecule has 1 saturated carbocycles. The molecule has 1 aliphatic carbocycles. The molecule has 0 radical (unpaired) electrons.